The molecule has 1 aliphatic rings. The highest BCUT2D eigenvalue weighted by Gasteiger charge is 2.36. The molecule has 2 aromatic rings. The van der Waals surface area contributed by atoms with Gasteiger partial charge in [-0.1, -0.05) is 19.1 Å². The lowest BCUT2D eigenvalue weighted by Gasteiger charge is -2.13. The van der Waals surface area contributed by atoms with Crippen LogP contribution in [0.4, 0.5) is 10.5 Å². The molecule has 1 fully saturated rings. The van der Waals surface area contributed by atoms with Gasteiger partial charge in [-0.3, -0.25) is 19.3 Å². The van der Waals surface area contributed by atoms with Crippen molar-refractivity contribution in [2.45, 2.75) is 25.2 Å². The zero-order chi connectivity index (χ0) is 23.8. The Balaban J connectivity index is 1.71. The average molecular weight is 487 g/mol. The third kappa shape index (κ3) is 6.55. The molecule has 33 heavy (non-hydrogen) atoms. The lowest BCUT2D eigenvalue weighted by atomic mass is 10.2. The molecule has 0 aliphatic carbocycles. The summed E-state index contributed by atoms with van der Waals surface area (Å²) in [6.07, 6.45) is 4.44. The lowest BCUT2D eigenvalue weighted by Crippen LogP contribution is -2.36. The molecule has 3 rings (SSSR count). The van der Waals surface area contributed by atoms with E-state index in [0.717, 1.165) is 28.0 Å². The second-order valence-corrected chi connectivity index (χ2v) is 8.91. The predicted octanol–water partition coefficient (Wildman–Crippen LogP) is 5.27. The van der Waals surface area contributed by atoms with Crippen molar-refractivity contribution in [3.05, 3.63) is 52.9 Å². The average Bonchev–Trinajstić information content (AvgIpc) is 3.06. The zero-order valence-corrected chi connectivity index (χ0v) is 20.4. The van der Waals surface area contributed by atoms with E-state index in [1.807, 2.05) is 38.3 Å². The SMILES string of the molecule is CCCOc1ccc(/C=C2\SC(=O)N(CC(=O)Nc3cccc(SC)c3)C2=O)cc1OCC. The predicted molar refractivity (Wildman–Crippen MR) is 133 cm³/mol. The highest BCUT2D eigenvalue weighted by atomic mass is 32.2. The van der Waals surface area contributed by atoms with Crippen molar-refractivity contribution >= 4 is 52.3 Å². The lowest BCUT2D eigenvalue weighted by molar-refractivity contribution is -0.127. The van der Waals surface area contributed by atoms with Crippen molar-refractivity contribution in [3.8, 4) is 11.5 Å². The first-order valence-electron chi connectivity index (χ1n) is 10.5. The highest BCUT2D eigenvalue weighted by Crippen LogP contribution is 2.34. The fourth-order valence-corrected chi connectivity index (χ4v) is 4.34. The zero-order valence-electron chi connectivity index (χ0n) is 18.8. The van der Waals surface area contributed by atoms with E-state index >= 15 is 0 Å². The molecule has 1 aliphatic heterocycles. The molecule has 174 valence electrons. The molecule has 9 heteroatoms. The van der Waals surface area contributed by atoms with Gasteiger partial charge in [-0.2, -0.15) is 0 Å². The third-order valence-corrected chi connectivity index (χ3v) is 6.19. The molecule has 1 saturated heterocycles. The van der Waals surface area contributed by atoms with Gasteiger partial charge in [0, 0.05) is 10.6 Å². The Labute approximate surface area is 201 Å². The van der Waals surface area contributed by atoms with Crippen LogP contribution in [0.25, 0.3) is 6.08 Å². The minimum absolute atomic E-state index is 0.252. The summed E-state index contributed by atoms with van der Waals surface area (Å²) in [5.41, 5.74) is 1.31. The van der Waals surface area contributed by atoms with Crippen molar-refractivity contribution < 1.29 is 23.9 Å². The van der Waals surface area contributed by atoms with E-state index in [9.17, 15) is 14.4 Å². The molecule has 7 nitrogen and oxygen atoms in total. The first-order chi connectivity index (χ1) is 15.9. The fraction of sp³-hybridized carbons (Fsp3) is 0.292. The maximum atomic E-state index is 12.8. The van der Waals surface area contributed by atoms with Crippen LogP contribution in [-0.2, 0) is 9.59 Å². The van der Waals surface area contributed by atoms with Gasteiger partial charge in [0.2, 0.25) is 5.91 Å². The van der Waals surface area contributed by atoms with Gasteiger partial charge >= 0.3 is 0 Å². The van der Waals surface area contributed by atoms with E-state index in [0.29, 0.717) is 36.0 Å². The normalized spacial score (nSPS) is 14.6. The number of nitrogens with one attached hydrogen (secondary N) is 1. The molecule has 0 atom stereocenters. The van der Waals surface area contributed by atoms with Crippen LogP contribution in [0.15, 0.2) is 52.3 Å². The van der Waals surface area contributed by atoms with E-state index < -0.39 is 17.1 Å². The monoisotopic (exact) mass is 486 g/mol. The number of nitrogens with zero attached hydrogens (tertiary/aromatic N) is 1. The number of benzene rings is 2. The molecular formula is C24H26N2O5S2. The number of thioether (sulfide) groups is 2. The molecule has 3 amide bonds. The van der Waals surface area contributed by atoms with Crippen LogP contribution in [0, 0.1) is 0 Å². The maximum absolute atomic E-state index is 12.8. The van der Waals surface area contributed by atoms with Crippen molar-refractivity contribution in [1.29, 1.82) is 0 Å². The Morgan fingerprint density at radius 1 is 1.12 bits per heavy atom. The first-order valence-corrected chi connectivity index (χ1v) is 12.6. The molecule has 0 aromatic heterocycles. The van der Waals surface area contributed by atoms with Crippen LogP contribution in [0.5, 0.6) is 11.5 Å². The summed E-state index contributed by atoms with van der Waals surface area (Å²) in [5, 5.41) is 2.26. The number of imide groups is 1. The van der Waals surface area contributed by atoms with Crippen molar-refractivity contribution in [1.82, 2.24) is 4.90 Å². The van der Waals surface area contributed by atoms with Gasteiger partial charge in [0.05, 0.1) is 18.1 Å². The Morgan fingerprint density at radius 2 is 1.94 bits per heavy atom. The molecular weight excluding hydrogens is 460 g/mol. The molecule has 0 spiro atoms. The molecule has 0 saturated carbocycles. The van der Waals surface area contributed by atoms with E-state index in [4.69, 9.17) is 9.47 Å². The van der Waals surface area contributed by atoms with E-state index in [1.54, 1.807) is 42.1 Å². The second-order valence-electron chi connectivity index (χ2n) is 7.04. The van der Waals surface area contributed by atoms with Crippen LogP contribution in [-0.4, -0.2) is 48.0 Å². The number of anilines is 1. The largest absolute Gasteiger partial charge is 0.490 e. The van der Waals surface area contributed by atoms with Crippen LogP contribution in [0.1, 0.15) is 25.8 Å². The van der Waals surface area contributed by atoms with Crippen molar-refractivity contribution in [3.63, 3.8) is 0 Å². The third-order valence-electron chi connectivity index (χ3n) is 4.56. The number of carbonyl (C=O) groups is 3. The van der Waals surface area contributed by atoms with E-state index in [2.05, 4.69) is 5.32 Å². The summed E-state index contributed by atoms with van der Waals surface area (Å²) in [6.45, 7) is 4.59. The summed E-state index contributed by atoms with van der Waals surface area (Å²) >= 11 is 2.37. The minimum Gasteiger partial charge on any atom is -0.490 e. The molecule has 1 heterocycles. The Kier molecular flexibility index (Phi) is 8.85. The summed E-state index contributed by atoms with van der Waals surface area (Å²) in [4.78, 5) is 39.9. The second kappa shape index (κ2) is 11.8. The number of hydrogen-bond donors (Lipinski definition) is 1. The minimum atomic E-state index is -0.498. The number of hydrogen-bond acceptors (Lipinski definition) is 7. The molecule has 2 aromatic carbocycles. The quantitative estimate of drug-likeness (QED) is 0.362. The fourth-order valence-electron chi connectivity index (χ4n) is 3.05. The molecule has 1 N–H and O–H groups in total. The van der Waals surface area contributed by atoms with Crippen LogP contribution in [0.3, 0.4) is 0 Å². The van der Waals surface area contributed by atoms with Gasteiger partial charge in [-0.05, 0) is 73.3 Å². The molecule has 0 unspecified atom stereocenters. The van der Waals surface area contributed by atoms with Crippen molar-refractivity contribution in [2.24, 2.45) is 0 Å². The summed E-state index contributed by atoms with van der Waals surface area (Å²) in [7, 11) is 0. The Morgan fingerprint density at radius 3 is 2.67 bits per heavy atom. The van der Waals surface area contributed by atoms with Gasteiger partial charge in [0.15, 0.2) is 11.5 Å². The van der Waals surface area contributed by atoms with Crippen LogP contribution < -0.4 is 14.8 Å². The number of rotatable bonds is 10. The summed E-state index contributed by atoms with van der Waals surface area (Å²) in [6, 6.07) is 12.7. The van der Waals surface area contributed by atoms with E-state index in [1.165, 1.54) is 0 Å². The number of carbonyl (C=O) groups excluding carboxylic acids is 3. The van der Waals surface area contributed by atoms with E-state index in [-0.39, 0.29) is 11.4 Å². The van der Waals surface area contributed by atoms with Gasteiger partial charge in [0.25, 0.3) is 11.1 Å². The molecule has 0 radical (unpaired) electrons. The smallest absolute Gasteiger partial charge is 0.294 e. The summed E-state index contributed by atoms with van der Waals surface area (Å²) in [5.74, 6) is 0.270. The van der Waals surface area contributed by atoms with Gasteiger partial charge in [-0.25, -0.2) is 0 Å². The van der Waals surface area contributed by atoms with Crippen LogP contribution >= 0.6 is 23.5 Å². The topological polar surface area (TPSA) is 84.9 Å². The highest BCUT2D eigenvalue weighted by molar-refractivity contribution is 8.18. The maximum Gasteiger partial charge on any atom is 0.294 e. The summed E-state index contributed by atoms with van der Waals surface area (Å²) < 4.78 is 11.4. The van der Waals surface area contributed by atoms with Crippen molar-refractivity contribution in [2.75, 3.05) is 31.3 Å². The standard InChI is InChI=1S/C24H26N2O5S2/c1-4-11-31-19-10-9-16(12-20(19)30-5-2)13-21-23(28)26(24(29)33-21)15-22(27)25-17-7-6-8-18(14-17)32-3/h6-10,12-14H,4-5,11,15H2,1-3H3,(H,25,27)/b21-13-. The Hall–Kier alpha value is -2.91. The molecule has 0 bridgehead atoms. The first kappa shape index (κ1) is 24.7. The number of ether oxygens (including phenoxy) is 2. The van der Waals surface area contributed by atoms with Gasteiger partial charge in [0.1, 0.15) is 6.54 Å². The number of amides is 3. The van der Waals surface area contributed by atoms with Crippen LogP contribution in [0.2, 0.25) is 0 Å². The van der Waals surface area contributed by atoms with Gasteiger partial charge < -0.3 is 14.8 Å². The van der Waals surface area contributed by atoms with Gasteiger partial charge in [-0.15, -0.1) is 11.8 Å². The Bertz CT molecular complexity index is 1070.